The van der Waals surface area contributed by atoms with Gasteiger partial charge in [-0.25, -0.2) is 4.79 Å². The Morgan fingerprint density at radius 1 is 0.506 bits per heavy atom. The zero-order chi connectivity index (χ0) is 66.0. The molecule has 0 bridgehead atoms. The van der Waals surface area contributed by atoms with E-state index >= 15 is 0 Å². The summed E-state index contributed by atoms with van der Waals surface area (Å²) in [6, 6.07) is -6.27. The van der Waals surface area contributed by atoms with Gasteiger partial charge < -0.3 is 186 Å². The highest BCUT2D eigenvalue weighted by Gasteiger charge is 2.59. The molecule has 0 aromatic rings. The molecule has 40 heteroatoms. The molecule has 7 rings (SSSR count). The largest absolute Gasteiger partial charge is 0.477 e. The lowest BCUT2D eigenvalue weighted by Crippen LogP contribution is -2.70. The van der Waals surface area contributed by atoms with Crippen LogP contribution in [0, 0.1) is 0 Å². The molecule has 2 amide bonds. The van der Waals surface area contributed by atoms with Crippen molar-refractivity contribution in [2.24, 2.45) is 11.5 Å². The second kappa shape index (κ2) is 31.1. The Morgan fingerprint density at radius 2 is 0.888 bits per heavy atom. The fourth-order valence-electron chi connectivity index (χ4n) is 11.2. The quantitative estimate of drug-likeness (QED) is 0.0452. The maximum atomic E-state index is 13.0. The molecule has 7 saturated heterocycles. The number of ether oxygens (including phenoxy) is 13. The van der Waals surface area contributed by atoms with E-state index < -0.39 is 284 Å². The summed E-state index contributed by atoms with van der Waals surface area (Å²) >= 11 is 0. The number of carbonyl (C=O) groups excluding carboxylic acids is 2. The van der Waals surface area contributed by atoms with Crippen molar-refractivity contribution < 1.29 is 178 Å². The highest BCUT2D eigenvalue weighted by atomic mass is 16.8. The number of nitrogens with two attached hydrogens (primary N) is 2. The minimum absolute atomic E-state index is 0.811. The van der Waals surface area contributed by atoms with E-state index in [0.717, 1.165) is 13.8 Å². The highest BCUT2D eigenvalue weighted by molar-refractivity contribution is 5.76. The molecule has 0 aromatic carbocycles. The average Bonchev–Trinajstić information content (AvgIpc) is 0.838. The number of rotatable bonds is 23. The number of amides is 2. The third-order valence-electron chi connectivity index (χ3n) is 16.4. The van der Waals surface area contributed by atoms with Crippen LogP contribution in [0.3, 0.4) is 0 Å². The molecule has 89 heavy (non-hydrogen) atoms. The molecule has 7 aliphatic heterocycles. The molecule has 0 aromatic heterocycles. The minimum atomic E-state index is -2.75. The smallest absolute Gasteiger partial charge is 0.364 e. The number of hydrogen-bond donors (Lipinski definition) is 24. The molecule has 7 heterocycles. The average molecular weight is 1310 g/mol. The van der Waals surface area contributed by atoms with Crippen LogP contribution in [0.2, 0.25) is 0 Å². The van der Waals surface area contributed by atoms with Gasteiger partial charge in [-0.1, -0.05) is 0 Å². The third-order valence-corrected chi connectivity index (χ3v) is 16.4. The molecule has 40 nitrogen and oxygen atoms in total. The van der Waals surface area contributed by atoms with Gasteiger partial charge in [0.2, 0.25) is 11.8 Å². The monoisotopic (exact) mass is 1300 g/mol. The summed E-state index contributed by atoms with van der Waals surface area (Å²) in [5.74, 6) is -6.33. The molecule has 0 spiro atoms. The fourth-order valence-corrected chi connectivity index (χ4v) is 11.2. The Labute approximate surface area is 504 Å². The van der Waals surface area contributed by atoms with Crippen molar-refractivity contribution in [2.75, 3.05) is 39.6 Å². The lowest BCUT2D eigenvalue weighted by molar-refractivity contribution is -0.380. The van der Waals surface area contributed by atoms with Crippen LogP contribution in [0.5, 0.6) is 0 Å². The zero-order valence-corrected chi connectivity index (χ0v) is 47.8. The molecule has 26 N–H and O–H groups in total. The van der Waals surface area contributed by atoms with Crippen molar-refractivity contribution in [3.05, 3.63) is 0 Å². The zero-order valence-electron chi connectivity index (χ0n) is 47.8. The maximum Gasteiger partial charge on any atom is 0.364 e. The number of carboxylic acids is 1. The fraction of sp³-hybridized carbons (Fsp3) is 0.939. The van der Waals surface area contributed by atoms with Gasteiger partial charge in [-0.2, -0.15) is 0 Å². The van der Waals surface area contributed by atoms with Gasteiger partial charge in [0.05, 0.1) is 70.0 Å². The van der Waals surface area contributed by atoms with E-state index in [2.05, 4.69) is 10.6 Å². The number of hydrogen-bond acceptors (Lipinski definition) is 37. The minimum Gasteiger partial charge on any atom is -0.477 e. The van der Waals surface area contributed by atoms with E-state index in [1.807, 2.05) is 0 Å². The first-order valence-electron chi connectivity index (χ1n) is 28.3. The summed E-state index contributed by atoms with van der Waals surface area (Å²) in [4.78, 5) is 37.9. The third kappa shape index (κ3) is 16.1. The number of aliphatic carboxylic acids is 1. The number of aliphatic hydroxyl groups excluding tert-OH is 19. The van der Waals surface area contributed by atoms with Crippen molar-refractivity contribution in [3.63, 3.8) is 0 Å². The van der Waals surface area contributed by atoms with Crippen LogP contribution in [0.1, 0.15) is 27.2 Å². The number of carboxylic acid groups (broad SMARTS) is 1. The Balaban J connectivity index is 1.11. The lowest BCUT2D eigenvalue weighted by Gasteiger charge is -2.50. The van der Waals surface area contributed by atoms with Crippen LogP contribution in [-0.2, 0) is 76.0 Å². The van der Waals surface area contributed by atoms with E-state index in [-0.39, 0.29) is 0 Å². The van der Waals surface area contributed by atoms with Crippen LogP contribution < -0.4 is 22.1 Å². The predicted molar refractivity (Wildman–Crippen MR) is 275 cm³/mol. The van der Waals surface area contributed by atoms with Gasteiger partial charge in [-0.05, 0) is 6.92 Å². The molecular formula is C49H84N4O36. The second-order valence-corrected chi connectivity index (χ2v) is 22.7. The summed E-state index contributed by atoms with van der Waals surface area (Å²) in [5, 5.41) is 222. The Kier molecular flexibility index (Phi) is 25.6. The molecular weight excluding hydrogens is 1220 g/mol. The van der Waals surface area contributed by atoms with Crippen LogP contribution in [-0.4, -0.2) is 380 Å². The Morgan fingerprint density at radius 3 is 1.38 bits per heavy atom. The number of carbonyl (C=O) groups is 3. The van der Waals surface area contributed by atoms with Crippen molar-refractivity contribution >= 4 is 17.8 Å². The van der Waals surface area contributed by atoms with Gasteiger partial charge in [-0.15, -0.1) is 0 Å². The predicted octanol–water partition coefficient (Wildman–Crippen LogP) is -15.8. The van der Waals surface area contributed by atoms with Gasteiger partial charge in [0, 0.05) is 20.3 Å². The van der Waals surface area contributed by atoms with Crippen LogP contribution in [0.15, 0.2) is 0 Å². The summed E-state index contributed by atoms with van der Waals surface area (Å²) < 4.78 is 74.4. The van der Waals surface area contributed by atoms with Crippen molar-refractivity contribution in [1.82, 2.24) is 10.6 Å². The highest BCUT2D eigenvalue weighted by Crippen LogP contribution is 2.38. The van der Waals surface area contributed by atoms with Crippen molar-refractivity contribution in [1.29, 1.82) is 0 Å². The van der Waals surface area contributed by atoms with E-state index in [9.17, 15) is 117 Å². The van der Waals surface area contributed by atoms with Crippen LogP contribution in [0.25, 0.3) is 0 Å². The summed E-state index contributed by atoms with van der Waals surface area (Å²) in [7, 11) is 0. The van der Waals surface area contributed by atoms with E-state index in [0.29, 0.717) is 0 Å². The molecule has 516 valence electrons. The summed E-state index contributed by atoms with van der Waals surface area (Å²) in [5.41, 5.74) is 12.0. The normalized spacial score (nSPS) is 48.9. The van der Waals surface area contributed by atoms with Crippen LogP contribution >= 0.6 is 0 Å². The van der Waals surface area contributed by atoms with Crippen molar-refractivity contribution in [3.8, 4) is 0 Å². The van der Waals surface area contributed by atoms with E-state index in [1.165, 1.54) is 6.92 Å². The van der Waals surface area contributed by atoms with Gasteiger partial charge >= 0.3 is 5.97 Å². The van der Waals surface area contributed by atoms with E-state index in [4.69, 9.17) is 73.0 Å². The Hall–Kier alpha value is -2.95. The molecule has 7 aliphatic rings. The summed E-state index contributed by atoms with van der Waals surface area (Å²) in [6.45, 7) is -2.66. The molecule has 0 radical (unpaired) electrons. The molecule has 0 aliphatic carbocycles. The lowest BCUT2D eigenvalue weighted by atomic mass is 9.88. The first kappa shape index (κ1) is 73.5. The standard InChI is InChI=1S/C49H84N4O36/c1-11(57)21(50)38-22(51)14(60)4-49(89-38,48(75)76)79-10-20-27(63)32(68)35(71)45(83-20)77-8-18-26(62)33(69)36(72)46(84-18)87-40-24(53-13(3)59)43(81-17(7-56)29(40)65)88-41-30(66)19(9-78-44-34(70)31(67)25(61)15(5-54)82-44)85-47(37(41)73)86-39-23(52-12(2)58)42(74)80-16(6-55)28(39)64/h11,14-47,54-57,60-74H,4-10,50-51H2,1-3H3,(H,52,58)(H,53,59)(H,75,76)/t11-,14-,15+,16+,17+,18+,19+,20+,21-,22-,23+,24+,25+,26-,27+,28-,29-,30-,31-,32-,33-,34+,35+,36+,37+,38-,39+,40+,41-,42+,43-,44+,45+,46-,47-,49+/m0/s1. The first-order valence-corrected chi connectivity index (χ1v) is 28.3. The summed E-state index contributed by atoms with van der Waals surface area (Å²) in [6.07, 6.45) is -61.7. The second-order valence-electron chi connectivity index (χ2n) is 22.7. The van der Waals surface area contributed by atoms with Crippen LogP contribution in [0.4, 0.5) is 0 Å². The molecule has 0 saturated carbocycles. The van der Waals surface area contributed by atoms with Gasteiger partial charge in [-0.3, -0.25) is 9.59 Å². The number of nitrogens with one attached hydrogen (secondary N) is 2. The maximum absolute atomic E-state index is 13.0. The van der Waals surface area contributed by atoms with Gasteiger partial charge in [0.25, 0.3) is 5.79 Å². The van der Waals surface area contributed by atoms with E-state index in [1.54, 1.807) is 0 Å². The van der Waals surface area contributed by atoms with Gasteiger partial charge in [0.15, 0.2) is 37.7 Å². The Bertz CT molecular complexity index is 2270. The SMILES string of the molecule is CC(=O)N[C@@H]1[C@@H](O[C@@H]2O[C@H](CO[C@@H]3O[C@H](CO)[C@@H](O)[C@H](O)[C@H]3O)[C@H](O)[C@H](O[C@@H]3O[C@H](CO)[C@H](O)[C@H](O[C@@H]4O[C@H](CO[C@@H]5O[C@H](CO[C@]6(C(=O)O)C[C@H](O)[C@H](N)[C@H]([C@@H](N)[C@H](C)O)O6)[C@@H](O)[C@H](O)[C@H]5O)[C@H](O)[C@H](O)[C@H]4O)[C@H]3NC(C)=O)[C@H]2O)[C@@H](O)[C@@H](CO)O[C@H]1O. The molecule has 7 fully saturated rings. The van der Waals surface area contributed by atoms with Gasteiger partial charge in [0.1, 0.15) is 146 Å². The molecule has 0 unspecified atom stereocenters. The topological polar surface area (TPSA) is 652 Å². The number of aliphatic hydroxyl groups is 19. The van der Waals surface area contributed by atoms with Crippen molar-refractivity contribution in [2.45, 2.75) is 247 Å². The first-order chi connectivity index (χ1) is 41.8. The molecule has 36 atom stereocenters.